The van der Waals surface area contributed by atoms with Crippen molar-refractivity contribution in [3.63, 3.8) is 0 Å². The molecular weight excluding hydrogens is 386 g/mol. The molecule has 0 saturated carbocycles. The Balaban J connectivity index is 1.45. The van der Waals surface area contributed by atoms with E-state index in [4.69, 9.17) is 11.6 Å². The summed E-state index contributed by atoms with van der Waals surface area (Å²) in [5.74, 6) is 0.592. The fraction of sp³-hybridized carbons (Fsp3) is 0.368. The molecule has 2 heterocycles. The van der Waals surface area contributed by atoms with Crippen molar-refractivity contribution in [2.75, 3.05) is 36.5 Å². The summed E-state index contributed by atoms with van der Waals surface area (Å²) in [7, 11) is -3.00. The van der Waals surface area contributed by atoms with E-state index in [9.17, 15) is 13.2 Å². The normalized spacial score (nSPS) is 16.1. The van der Waals surface area contributed by atoms with Crippen LogP contribution in [-0.2, 0) is 16.3 Å². The summed E-state index contributed by atoms with van der Waals surface area (Å²) in [5.41, 5.74) is 1.71. The van der Waals surface area contributed by atoms with Gasteiger partial charge in [-0.2, -0.15) is 0 Å². The molecule has 1 aromatic carbocycles. The number of nitrogens with one attached hydrogen (secondary N) is 1. The lowest BCUT2D eigenvalue weighted by Crippen LogP contribution is -2.43. The van der Waals surface area contributed by atoms with Crippen LogP contribution in [0.25, 0.3) is 0 Å². The number of benzene rings is 1. The molecule has 1 aliphatic rings. The second-order valence-corrected chi connectivity index (χ2v) is 9.27. The van der Waals surface area contributed by atoms with Gasteiger partial charge >= 0.3 is 0 Å². The molecule has 144 valence electrons. The van der Waals surface area contributed by atoms with E-state index in [1.807, 2.05) is 24.3 Å². The standard InChI is InChI=1S/C19H22ClN3O3S/c20-17-6-3-15(4-7-17)2-1-9-21-18-8-5-16(14-22-18)19(24)23-10-12-27(25,26)13-11-23/h3-8,14H,1-2,9-13H2,(H,21,22). The first-order valence-corrected chi connectivity index (χ1v) is 11.1. The van der Waals surface area contributed by atoms with Crippen LogP contribution in [0.5, 0.6) is 0 Å². The zero-order valence-corrected chi connectivity index (χ0v) is 16.5. The SMILES string of the molecule is O=C(c1ccc(NCCCc2ccc(Cl)cc2)nc1)N1CCS(=O)(=O)CC1. The van der Waals surface area contributed by atoms with Gasteiger partial charge < -0.3 is 10.2 Å². The van der Waals surface area contributed by atoms with Crippen LogP contribution in [-0.4, -0.2) is 55.3 Å². The van der Waals surface area contributed by atoms with Crippen LogP contribution in [0.1, 0.15) is 22.3 Å². The van der Waals surface area contributed by atoms with Crippen LogP contribution in [0, 0.1) is 0 Å². The highest BCUT2D eigenvalue weighted by Gasteiger charge is 2.25. The molecule has 0 atom stereocenters. The molecule has 0 spiro atoms. The Morgan fingerprint density at radius 2 is 1.81 bits per heavy atom. The topological polar surface area (TPSA) is 79.4 Å². The Labute approximate surface area is 164 Å². The number of anilines is 1. The van der Waals surface area contributed by atoms with Gasteiger partial charge in [0.15, 0.2) is 9.84 Å². The van der Waals surface area contributed by atoms with Crippen LogP contribution in [0.4, 0.5) is 5.82 Å². The molecule has 1 aliphatic heterocycles. The van der Waals surface area contributed by atoms with Crippen molar-refractivity contribution in [1.29, 1.82) is 0 Å². The Morgan fingerprint density at radius 1 is 1.11 bits per heavy atom. The predicted molar refractivity (Wildman–Crippen MR) is 107 cm³/mol. The molecule has 27 heavy (non-hydrogen) atoms. The summed E-state index contributed by atoms with van der Waals surface area (Å²) in [6.45, 7) is 1.25. The first-order chi connectivity index (χ1) is 12.9. The number of aryl methyl sites for hydroxylation is 1. The summed E-state index contributed by atoms with van der Waals surface area (Å²) in [5, 5.41) is 3.98. The first-order valence-electron chi connectivity index (χ1n) is 8.87. The number of nitrogens with zero attached hydrogens (tertiary/aromatic N) is 2. The molecule has 1 saturated heterocycles. The van der Waals surface area contributed by atoms with Crippen LogP contribution in [0.2, 0.25) is 5.02 Å². The molecule has 0 unspecified atom stereocenters. The minimum absolute atomic E-state index is 0.0272. The minimum Gasteiger partial charge on any atom is -0.370 e. The van der Waals surface area contributed by atoms with Crippen molar-refractivity contribution < 1.29 is 13.2 Å². The maximum Gasteiger partial charge on any atom is 0.255 e. The summed E-state index contributed by atoms with van der Waals surface area (Å²) in [4.78, 5) is 18.3. The number of sulfone groups is 1. The van der Waals surface area contributed by atoms with Crippen molar-refractivity contribution >= 4 is 33.2 Å². The highest BCUT2D eigenvalue weighted by molar-refractivity contribution is 7.91. The van der Waals surface area contributed by atoms with E-state index in [0.29, 0.717) is 11.4 Å². The van der Waals surface area contributed by atoms with Gasteiger partial charge in [0.2, 0.25) is 0 Å². The average Bonchev–Trinajstić information content (AvgIpc) is 2.67. The van der Waals surface area contributed by atoms with Crippen molar-refractivity contribution in [1.82, 2.24) is 9.88 Å². The van der Waals surface area contributed by atoms with Gasteiger partial charge in [-0.15, -0.1) is 0 Å². The summed E-state index contributed by atoms with van der Waals surface area (Å²) in [6.07, 6.45) is 3.43. The van der Waals surface area contributed by atoms with Crippen LogP contribution in [0.3, 0.4) is 0 Å². The molecule has 6 nitrogen and oxygen atoms in total. The van der Waals surface area contributed by atoms with Gasteiger partial charge in [-0.25, -0.2) is 13.4 Å². The molecular formula is C19H22ClN3O3S. The van der Waals surface area contributed by atoms with Crippen LogP contribution < -0.4 is 5.32 Å². The maximum atomic E-state index is 12.4. The van der Waals surface area contributed by atoms with Crippen LogP contribution >= 0.6 is 11.6 Å². The summed E-state index contributed by atoms with van der Waals surface area (Å²) < 4.78 is 22.9. The smallest absolute Gasteiger partial charge is 0.255 e. The highest BCUT2D eigenvalue weighted by Crippen LogP contribution is 2.13. The van der Waals surface area contributed by atoms with Gasteiger partial charge in [0, 0.05) is 30.9 Å². The Hall–Kier alpha value is -2.12. The van der Waals surface area contributed by atoms with E-state index in [1.165, 1.54) is 11.8 Å². The zero-order chi connectivity index (χ0) is 19.3. The lowest BCUT2D eigenvalue weighted by molar-refractivity contribution is 0.0770. The molecule has 0 aliphatic carbocycles. The number of amides is 1. The summed E-state index contributed by atoms with van der Waals surface area (Å²) in [6, 6.07) is 11.3. The van der Waals surface area contributed by atoms with Crippen LogP contribution in [0.15, 0.2) is 42.6 Å². The van der Waals surface area contributed by atoms with Crippen molar-refractivity contribution in [3.05, 3.63) is 58.7 Å². The molecule has 1 fully saturated rings. The Kier molecular flexibility index (Phi) is 6.34. The molecule has 0 radical (unpaired) electrons. The van der Waals surface area contributed by atoms with Crippen molar-refractivity contribution in [2.45, 2.75) is 12.8 Å². The monoisotopic (exact) mass is 407 g/mol. The van der Waals surface area contributed by atoms with Crippen molar-refractivity contribution in [2.24, 2.45) is 0 Å². The minimum atomic E-state index is -3.00. The number of carbonyl (C=O) groups excluding carboxylic acids is 1. The largest absolute Gasteiger partial charge is 0.370 e. The third-order valence-corrected chi connectivity index (χ3v) is 6.36. The lowest BCUT2D eigenvalue weighted by Gasteiger charge is -2.26. The highest BCUT2D eigenvalue weighted by atomic mass is 35.5. The van der Waals surface area contributed by atoms with Gasteiger partial charge in [0.1, 0.15) is 5.82 Å². The summed E-state index contributed by atoms with van der Waals surface area (Å²) >= 11 is 5.88. The number of aromatic nitrogens is 1. The van der Waals surface area contributed by atoms with E-state index in [0.717, 1.165) is 24.4 Å². The van der Waals surface area contributed by atoms with E-state index in [-0.39, 0.29) is 30.5 Å². The predicted octanol–water partition coefficient (Wildman–Crippen LogP) is 2.65. The molecule has 1 N–H and O–H groups in total. The fourth-order valence-corrected chi connectivity index (χ4v) is 4.21. The molecule has 1 amide bonds. The van der Waals surface area contributed by atoms with Crippen molar-refractivity contribution in [3.8, 4) is 0 Å². The van der Waals surface area contributed by atoms with Gasteiger partial charge in [-0.1, -0.05) is 23.7 Å². The number of carbonyl (C=O) groups is 1. The van der Waals surface area contributed by atoms with Gasteiger partial charge in [-0.3, -0.25) is 4.79 Å². The molecule has 2 aromatic rings. The maximum absolute atomic E-state index is 12.4. The Morgan fingerprint density at radius 3 is 2.44 bits per heavy atom. The average molecular weight is 408 g/mol. The molecule has 0 bridgehead atoms. The Bertz CT molecular complexity index is 869. The van der Waals surface area contributed by atoms with E-state index in [1.54, 1.807) is 17.0 Å². The molecule has 8 heteroatoms. The number of pyridine rings is 1. The first kappa shape index (κ1) is 19.6. The number of halogens is 1. The second-order valence-electron chi connectivity index (χ2n) is 6.53. The van der Waals surface area contributed by atoms with Gasteiger partial charge in [0.05, 0.1) is 17.1 Å². The number of rotatable bonds is 6. The second kappa shape index (κ2) is 8.71. The lowest BCUT2D eigenvalue weighted by atomic mass is 10.1. The quantitative estimate of drug-likeness (QED) is 0.744. The van der Waals surface area contributed by atoms with Gasteiger partial charge in [0.25, 0.3) is 5.91 Å². The van der Waals surface area contributed by atoms with E-state index in [2.05, 4.69) is 10.3 Å². The van der Waals surface area contributed by atoms with Gasteiger partial charge in [-0.05, 0) is 42.7 Å². The third-order valence-electron chi connectivity index (χ3n) is 4.50. The number of hydrogen-bond acceptors (Lipinski definition) is 5. The van der Waals surface area contributed by atoms with E-state index < -0.39 is 9.84 Å². The zero-order valence-electron chi connectivity index (χ0n) is 14.9. The number of hydrogen-bond donors (Lipinski definition) is 1. The molecule has 3 rings (SSSR count). The third kappa shape index (κ3) is 5.68. The fourth-order valence-electron chi connectivity index (χ4n) is 2.88. The molecule has 1 aromatic heterocycles. The van der Waals surface area contributed by atoms with E-state index >= 15 is 0 Å².